The maximum absolute atomic E-state index is 12.6. The van der Waals surface area contributed by atoms with Crippen LogP contribution in [0.15, 0.2) is 48.1 Å². The first-order chi connectivity index (χ1) is 11.6. The molecule has 0 atom stereocenters. The third-order valence-electron chi connectivity index (χ3n) is 3.87. The van der Waals surface area contributed by atoms with Crippen molar-refractivity contribution >= 4 is 17.5 Å². The van der Waals surface area contributed by atoms with Crippen LogP contribution in [0.3, 0.4) is 0 Å². The summed E-state index contributed by atoms with van der Waals surface area (Å²) in [5.41, 5.74) is 0.535. The molecule has 0 unspecified atom stereocenters. The molecule has 0 bridgehead atoms. The SMILES string of the molecule is CCCCCCOC(=O)c1ccccc1C(=O)C1=CC=CCC1=O. The fraction of sp³-hybridized carbons (Fsp3) is 0.350. The highest BCUT2D eigenvalue weighted by Crippen LogP contribution is 2.19. The number of unbranched alkanes of at least 4 members (excludes halogenated alkanes) is 3. The fourth-order valence-corrected chi connectivity index (χ4v) is 2.52. The van der Waals surface area contributed by atoms with Gasteiger partial charge in [-0.05, 0) is 18.6 Å². The lowest BCUT2D eigenvalue weighted by Crippen LogP contribution is -2.18. The minimum absolute atomic E-state index is 0.112. The summed E-state index contributed by atoms with van der Waals surface area (Å²) in [4.78, 5) is 36.8. The van der Waals surface area contributed by atoms with E-state index in [0.717, 1.165) is 25.7 Å². The van der Waals surface area contributed by atoms with Crippen LogP contribution in [0.25, 0.3) is 0 Å². The van der Waals surface area contributed by atoms with Gasteiger partial charge in [0, 0.05) is 12.0 Å². The topological polar surface area (TPSA) is 60.4 Å². The van der Waals surface area contributed by atoms with E-state index >= 15 is 0 Å². The molecule has 2 rings (SSSR count). The third-order valence-corrected chi connectivity index (χ3v) is 3.87. The van der Waals surface area contributed by atoms with E-state index < -0.39 is 11.8 Å². The summed E-state index contributed by atoms with van der Waals surface area (Å²) in [7, 11) is 0. The molecule has 0 amide bonds. The van der Waals surface area contributed by atoms with Gasteiger partial charge in [-0.15, -0.1) is 0 Å². The van der Waals surface area contributed by atoms with E-state index in [9.17, 15) is 14.4 Å². The molecule has 0 N–H and O–H groups in total. The van der Waals surface area contributed by atoms with Crippen LogP contribution < -0.4 is 0 Å². The van der Waals surface area contributed by atoms with Crippen LogP contribution in [0.1, 0.15) is 59.7 Å². The van der Waals surface area contributed by atoms with E-state index in [1.807, 2.05) is 0 Å². The van der Waals surface area contributed by atoms with Gasteiger partial charge in [-0.2, -0.15) is 0 Å². The Balaban J connectivity index is 2.11. The van der Waals surface area contributed by atoms with Gasteiger partial charge in [-0.1, -0.05) is 56.5 Å². The number of Topliss-reactive ketones (excluding diaryl/α,β-unsaturated/α-hetero) is 2. The number of rotatable bonds is 8. The normalized spacial score (nSPS) is 13.5. The van der Waals surface area contributed by atoms with Crippen LogP contribution in [-0.4, -0.2) is 24.1 Å². The second-order valence-corrected chi connectivity index (χ2v) is 5.71. The van der Waals surface area contributed by atoms with Crippen molar-refractivity contribution < 1.29 is 19.1 Å². The molecule has 1 aromatic carbocycles. The van der Waals surface area contributed by atoms with Crippen molar-refractivity contribution in [3.8, 4) is 0 Å². The van der Waals surface area contributed by atoms with Crippen LogP contribution in [0.4, 0.5) is 0 Å². The van der Waals surface area contributed by atoms with Gasteiger partial charge in [0.15, 0.2) is 11.6 Å². The zero-order valence-corrected chi connectivity index (χ0v) is 13.9. The predicted octanol–water partition coefficient (Wildman–Crippen LogP) is 4.06. The summed E-state index contributed by atoms with van der Waals surface area (Å²) < 4.78 is 5.27. The van der Waals surface area contributed by atoms with E-state index in [4.69, 9.17) is 4.74 Å². The molecular formula is C20H22O4. The van der Waals surface area contributed by atoms with Gasteiger partial charge in [0.2, 0.25) is 0 Å². The Morgan fingerprint density at radius 3 is 2.54 bits per heavy atom. The maximum atomic E-state index is 12.6. The molecule has 1 aliphatic carbocycles. The number of benzene rings is 1. The molecule has 0 saturated carbocycles. The van der Waals surface area contributed by atoms with Crippen LogP contribution in [-0.2, 0) is 9.53 Å². The van der Waals surface area contributed by atoms with Gasteiger partial charge in [-0.3, -0.25) is 9.59 Å². The minimum atomic E-state index is -0.519. The molecule has 0 saturated heterocycles. The molecule has 0 spiro atoms. The van der Waals surface area contributed by atoms with Crippen LogP contribution >= 0.6 is 0 Å². The molecule has 0 heterocycles. The molecule has 0 aromatic heterocycles. The van der Waals surface area contributed by atoms with Gasteiger partial charge in [0.25, 0.3) is 0 Å². The number of ether oxygens (including phenoxy) is 1. The van der Waals surface area contributed by atoms with Crippen molar-refractivity contribution in [3.05, 3.63) is 59.2 Å². The molecule has 126 valence electrons. The molecule has 4 nitrogen and oxygen atoms in total. The largest absolute Gasteiger partial charge is 0.462 e. The molecule has 0 radical (unpaired) electrons. The quantitative estimate of drug-likeness (QED) is 0.313. The van der Waals surface area contributed by atoms with E-state index in [2.05, 4.69) is 6.92 Å². The number of ketones is 2. The molecular weight excluding hydrogens is 304 g/mol. The summed E-state index contributed by atoms with van der Waals surface area (Å²) in [5.74, 6) is -1.18. The fourth-order valence-electron chi connectivity index (χ4n) is 2.52. The lowest BCUT2D eigenvalue weighted by atomic mass is 9.92. The van der Waals surface area contributed by atoms with Crippen LogP contribution in [0.2, 0.25) is 0 Å². The number of hydrogen-bond donors (Lipinski definition) is 0. The third kappa shape index (κ3) is 4.51. The van der Waals surface area contributed by atoms with Crippen molar-refractivity contribution in [2.75, 3.05) is 6.61 Å². The zero-order chi connectivity index (χ0) is 17.4. The maximum Gasteiger partial charge on any atom is 0.338 e. The highest BCUT2D eigenvalue weighted by Gasteiger charge is 2.24. The van der Waals surface area contributed by atoms with Crippen molar-refractivity contribution in [3.63, 3.8) is 0 Å². The number of carbonyl (C=O) groups is 3. The highest BCUT2D eigenvalue weighted by atomic mass is 16.5. The Morgan fingerprint density at radius 1 is 1.08 bits per heavy atom. The van der Waals surface area contributed by atoms with Crippen molar-refractivity contribution in [2.45, 2.75) is 39.0 Å². The second-order valence-electron chi connectivity index (χ2n) is 5.71. The van der Waals surface area contributed by atoms with E-state index in [0.29, 0.717) is 6.61 Å². The van der Waals surface area contributed by atoms with Crippen LogP contribution in [0, 0.1) is 0 Å². The Bertz CT molecular complexity index is 683. The summed E-state index contributed by atoms with van der Waals surface area (Å²) in [6.45, 7) is 2.45. The van der Waals surface area contributed by atoms with Gasteiger partial charge in [0.1, 0.15) is 0 Å². The summed E-state index contributed by atoms with van der Waals surface area (Å²) in [6, 6.07) is 6.48. The highest BCUT2D eigenvalue weighted by molar-refractivity contribution is 6.28. The zero-order valence-electron chi connectivity index (χ0n) is 13.9. The Kier molecular flexibility index (Phi) is 6.67. The van der Waals surface area contributed by atoms with E-state index in [1.165, 1.54) is 6.08 Å². The number of hydrogen-bond acceptors (Lipinski definition) is 4. The number of carbonyl (C=O) groups excluding carboxylic acids is 3. The van der Waals surface area contributed by atoms with Crippen LogP contribution in [0.5, 0.6) is 0 Å². The molecule has 1 aliphatic rings. The first kappa shape index (κ1) is 17.9. The molecule has 4 heteroatoms. The second kappa shape index (κ2) is 8.96. The van der Waals surface area contributed by atoms with E-state index in [-0.39, 0.29) is 28.9 Å². The smallest absolute Gasteiger partial charge is 0.338 e. The number of esters is 1. The Morgan fingerprint density at radius 2 is 1.83 bits per heavy atom. The lowest BCUT2D eigenvalue weighted by molar-refractivity contribution is -0.114. The van der Waals surface area contributed by atoms with E-state index in [1.54, 1.807) is 36.4 Å². The van der Waals surface area contributed by atoms with Gasteiger partial charge < -0.3 is 4.74 Å². The minimum Gasteiger partial charge on any atom is -0.462 e. The average molecular weight is 326 g/mol. The molecule has 24 heavy (non-hydrogen) atoms. The number of allylic oxidation sites excluding steroid dienone is 4. The first-order valence-corrected chi connectivity index (χ1v) is 8.36. The summed E-state index contributed by atoms with van der Waals surface area (Å²) >= 11 is 0. The molecule has 0 fully saturated rings. The van der Waals surface area contributed by atoms with Gasteiger partial charge in [0.05, 0.1) is 17.7 Å². The summed E-state index contributed by atoms with van der Waals surface area (Å²) in [5, 5.41) is 0. The molecule has 0 aliphatic heterocycles. The Hall–Kier alpha value is -2.49. The Labute approximate surface area is 142 Å². The first-order valence-electron chi connectivity index (χ1n) is 8.36. The van der Waals surface area contributed by atoms with Crippen molar-refractivity contribution in [1.29, 1.82) is 0 Å². The van der Waals surface area contributed by atoms with Gasteiger partial charge >= 0.3 is 5.97 Å². The van der Waals surface area contributed by atoms with Crippen molar-refractivity contribution in [2.24, 2.45) is 0 Å². The van der Waals surface area contributed by atoms with Crippen molar-refractivity contribution in [1.82, 2.24) is 0 Å². The predicted molar refractivity (Wildman–Crippen MR) is 92.0 cm³/mol. The molecule has 1 aromatic rings. The standard InChI is InChI=1S/C20H22O4/c1-2-3-4-9-14-24-20(23)16-11-6-5-10-15(16)19(22)17-12-7-8-13-18(17)21/h5-8,10-12H,2-4,9,13-14H2,1H3. The van der Waals surface area contributed by atoms with Gasteiger partial charge in [-0.25, -0.2) is 4.79 Å². The monoisotopic (exact) mass is 326 g/mol. The summed E-state index contributed by atoms with van der Waals surface area (Å²) in [6.07, 6.45) is 9.14. The lowest BCUT2D eigenvalue weighted by Gasteiger charge is -2.11. The average Bonchev–Trinajstić information content (AvgIpc) is 2.61.